The first-order valence-corrected chi connectivity index (χ1v) is 20.9. The highest BCUT2D eigenvalue weighted by molar-refractivity contribution is 7.00. The number of nitrogens with zero attached hydrogens (tertiary/aromatic N) is 3. The number of hydrogen-bond donors (Lipinski definition) is 0. The normalized spacial score (nSPS) is 20.3. The van der Waals surface area contributed by atoms with E-state index in [0.29, 0.717) is 0 Å². The Morgan fingerprint density at radius 2 is 1.23 bits per heavy atom. The third-order valence-corrected chi connectivity index (χ3v) is 14.2. The van der Waals surface area contributed by atoms with Gasteiger partial charge in [-0.3, -0.25) is 0 Å². The number of rotatable bonds is 4. The van der Waals surface area contributed by atoms with Gasteiger partial charge in [0.05, 0.1) is 11.2 Å². The molecule has 6 aromatic rings. The van der Waals surface area contributed by atoms with Crippen molar-refractivity contribution in [2.75, 3.05) is 14.7 Å². The van der Waals surface area contributed by atoms with Crippen LogP contribution in [0, 0.1) is 27.7 Å². The van der Waals surface area contributed by atoms with E-state index in [1.807, 2.05) is 0 Å². The number of para-hydroxylation sites is 2. The van der Waals surface area contributed by atoms with Gasteiger partial charge >= 0.3 is 0 Å². The summed E-state index contributed by atoms with van der Waals surface area (Å²) in [4.78, 5) is 8.01. The summed E-state index contributed by atoms with van der Waals surface area (Å²) < 4.78 is 0. The monoisotopic (exact) mass is 731 g/mol. The lowest BCUT2D eigenvalue weighted by molar-refractivity contribution is 0.195. The minimum Gasteiger partial charge on any atom is -0.335 e. The standard InChI is InChI=1S/C52H54BN3/c1-33-17-14-21-38(27-33)54(39-22-15-18-34(2)28-39)40-31-45-47-46(32-40)56-49-41(51(8)25-12-13-26-52(51,56)9)29-37(50(5,6)7)30-43(49)53(47)42-23-16-20-36(4)48(42)55(45)44-24-11-10-19-35(44)3/h10-11,14-24,27-32H,12-13,25-26H2,1-9H3. The van der Waals surface area contributed by atoms with Crippen molar-refractivity contribution >= 4 is 68.6 Å². The third kappa shape index (κ3) is 4.84. The second kappa shape index (κ2) is 12.1. The highest BCUT2D eigenvalue weighted by atomic mass is 15.3. The lowest BCUT2D eigenvalue weighted by Crippen LogP contribution is -2.64. The highest BCUT2D eigenvalue weighted by Gasteiger charge is 2.61. The van der Waals surface area contributed by atoms with Gasteiger partial charge in [-0.25, -0.2) is 0 Å². The molecule has 4 heteroatoms. The fraction of sp³-hybridized carbons (Fsp3) is 0.308. The van der Waals surface area contributed by atoms with Crippen molar-refractivity contribution in [1.29, 1.82) is 0 Å². The van der Waals surface area contributed by atoms with Crippen LogP contribution in [0.1, 0.15) is 93.7 Å². The van der Waals surface area contributed by atoms with E-state index in [-0.39, 0.29) is 23.1 Å². The Bertz CT molecular complexity index is 2550. The van der Waals surface area contributed by atoms with Crippen LogP contribution in [0.15, 0.2) is 115 Å². The summed E-state index contributed by atoms with van der Waals surface area (Å²) >= 11 is 0. The molecule has 10 rings (SSSR count). The van der Waals surface area contributed by atoms with Gasteiger partial charge in [0.25, 0.3) is 6.71 Å². The molecule has 0 amide bonds. The molecule has 56 heavy (non-hydrogen) atoms. The smallest absolute Gasteiger partial charge is 0.252 e. The Kier molecular flexibility index (Phi) is 7.64. The van der Waals surface area contributed by atoms with Gasteiger partial charge in [-0.15, -0.1) is 0 Å². The van der Waals surface area contributed by atoms with Crippen molar-refractivity contribution < 1.29 is 0 Å². The molecule has 0 aromatic heterocycles. The maximum Gasteiger partial charge on any atom is 0.252 e. The van der Waals surface area contributed by atoms with Crippen LogP contribution >= 0.6 is 0 Å². The first-order valence-electron chi connectivity index (χ1n) is 20.9. The summed E-state index contributed by atoms with van der Waals surface area (Å²) in [6, 6.07) is 44.4. The Balaban J connectivity index is 1.38. The molecule has 3 heterocycles. The van der Waals surface area contributed by atoms with Crippen LogP contribution in [-0.2, 0) is 10.8 Å². The minimum absolute atomic E-state index is 0.0187. The van der Waals surface area contributed by atoms with Crippen molar-refractivity contribution in [3.8, 4) is 0 Å². The molecular weight excluding hydrogens is 677 g/mol. The van der Waals surface area contributed by atoms with E-state index in [2.05, 4.69) is 192 Å². The van der Waals surface area contributed by atoms with Crippen LogP contribution in [0.25, 0.3) is 0 Å². The summed E-state index contributed by atoms with van der Waals surface area (Å²) in [7, 11) is 0. The van der Waals surface area contributed by atoms with Gasteiger partial charge in [-0.1, -0.05) is 113 Å². The van der Waals surface area contributed by atoms with Gasteiger partial charge in [0.2, 0.25) is 0 Å². The van der Waals surface area contributed by atoms with Crippen LogP contribution in [-0.4, -0.2) is 12.3 Å². The van der Waals surface area contributed by atoms with Crippen molar-refractivity contribution in [3.63, 3.8) is 0 Å². The largest absolute Gasteiger partial charge is 0.335 e. The Morgan fingerprint density at radius 1 is 0.589 bits per heavy atom. The number of benzene rings is 6. The van der Waals surface area contributed by atoms with Gasteiger partial charge in [-0.05, 0) is 145 Å². The van der Waals surface area contributed by atoms with Gasteiger partial charge in [0.15, 0.2) is 0 Å². The summed E-state index contributed by atoms with van der Waals surface area (Å²) in [6.07, 6.45) is 4.90. The molecule has 0 bridgehead atoms. The number of aryl methyl sites for hydroxylation is 4. The second-order valence-electron chi connectivity index (χ2n) is 18.8. The maximum atomic E-state index is 2.88. The van der Waals surface area contributed by atoms with Crippen molar-refractivity contribution in [2.24, 2.45) is 0 Å². The molecular formula is C52H54BN3. The van der Waals surface area contributed by atoms with Crippen LogP contribution in [0.2, 0.25) is 0 Å². The third-order valence-electron chi connectivity index (χ3n) is 14.2. The summed E-state index contributed by atoms with van der Waals surface area (Å²) in [5, 5.41) is 0. The van der Waals surface area contributed by atoms with E-state index < -0.39 is 0 Å². The minimum atomic E-state index is -0.0753. The first-order chi connectivity index (χ1) is 26.8. The van der Waals surface area contributed by atoms with Crippen molar-refractivity contribution in [3.05, 3.63) is 149 Å². The molecule has 2 unspecified atom stereocenters. The number of fused-ring (bicyclic) bond motifs is 7. The first kappa shape index (κ1) is 35.2. The SMILES string of the molecule is Cc1cccc(N(c2cccc(C)c2)c2cc3c4c(c2)N2c5c(cc(C(C)(C)C)cc5C5(C)CCCCC25C)B4c2cccc(C)c2N3c2ccccc2C)c1. The van der Waals surface area contributed by atoms with Gasteiger partial charge in [0, 0.05) is 45.2 Å². The number of anilines is 8. The molecule has 3 nitrogen and oxygen atoms in total. The molecule has 0 saturated heterocycles. The summed E-state index contributed by atoms with van der Waals surface area (Å²) in [5.74, 6) is 0. The predicted octanol–water partition coefficient (Wildman–Crippen LogP) is 12.0. The van der Waals surface area contributed by atoms with E-state index in [9.17, 15) is 0 Å². The molecule has 4 aliphatic rings. The van der Waals surface area contributed by atoms with Crippen LogP contribution < -0.4 is 31.1 Å². The second-order valence-corrected chi connectivity index (χ2v) is 18.8. The summed E-state index contributed by atoms with van der Waals surface area (Å²) in [6.45, 7) is 21.5. The molecule has 0 radical (unpaired) electrons. The molecule has 1 saturated carbocycles. The maximum absolute atomic E-state index is 2.88. The highest BCUT2D eigenvalue weighted by Crippen LogP contribution is 2.62. The van der Waals surface area contributed by atoms with E-state index >= 15 is 0 Å². The van der Waals surface area contributed by atoms with E-state index in [4.69, 9.17) is 0 Å². The molecule has 3 aliphatic heterocycles. The average Bonchev–Trinajstić information content (AvgIpc) is 3.37. The molecule has 1 fully saturated rings. The van der Waals surface area contributed by atoms with E-state index in [0.717, 1.165) is 0 Å². The van der Waals surface area contributed by atoms with Crippen molar-refractivity contribution in [2.45, 2.75) is 104 Å². The van der Waals surface area contributed by atoms with Crippen LogP contribution in [0.3, 0.4) is 0 Å². The van der Waals surface area contributed by atoms with Gasteiger partial charge in [-0.2, -0.15) is 0 Å². The Morgan fingerprint density at radius 3 is 1.91 bits per heavy atom. The molecule has 0 N–H and O–H groups in total. The molecule has 2 atom stereocenters. The molecule has 280 valence electrons. The van der Waals surface area contributed by atoms with Crippen LogP contribution in [0.5, 0.6) is 0 Å². The van der Waals surface area contributed by atoms with Crippen molar-refractivity contribution in [1.82, 2.24) is 0 Å². The van der Waals surface area contributed by atoms with Gasteiger partial charge < -0.3 is 14.7 Å². The molecule has 0 spiro atoms. The topological polar surface area (TPSA) is 9.72 Å². The van der Waals surface area contributed by atoms with Crippen LogP contribution in [0.4, 0.5) is 45.5 Å². The Labute approximate surface area is 335 Å². The van der Waals surface area contributed by atoms with Gasteiger partial charge in [0.1, 0.15) is 0 Å². The fourth-order valence-corrected chi connectivity index (χ4v) is 11.2. The zero-order valence-corrected chi connectivity index (χ0v) is 34.7. The summed E-state index contributed by atoms with van der Waals surface area (Å²) in [5.41, 5.74) is 22.6. The lowest BCUT2D eigenvalue weighted by Gasteiger charge is -2.53. The van der Waals surface area contributed by atoms with E-state index in [1.54, 1.807) is 5.56 Å². The predicted molar refractivity (Wildman–Crippen MR) is 241 cm³/mol. The zero-order chi connectivity index (χ0) is 38.9. The number of hydrogen-bond acceptors (Lipinski definition) is 3. The molecule has 6 aromatic carbocycles. The van der Waals surface area contributed by atoms with E-state index in [1.165, 1.54) is 115 Å². The Hall–Kier alpha value is -5.22. The molecule has 1 aliphatic carbocycles. The quantitative estimate of drug-likeness (QED) is 0.167. The zero-order valence-electron chi connectivity index (χ0n) is 34.7. The lowest BCUT2D eigenvalue weighted by atomic mass is 9.33. The average molecular weight is 732 g/mol. The fourth-order valence-electron chi connectivity index (χ4n) is 11.2.